The molecule has 0 aliphatic carbocycles. The van der Waals surface area contributed by atoms with Gasteiger partial charge in [-0.2, -0.15) is 4.37 Å². The topological polar surface area (TPSA) is 58.6 Å². The van der Waals surface area contributed by atoms with Crippen molar-refractivity contribution in [1.82, 2.24) is 14.3 Å². The quantitative estimate of drug-likeness (QED) is 0.551. The summed E-state index contributed by atoms with van der Waals surface area (Å²) in [5.74, 6) is 1.70. The number of amides is 1. The Bertz CT molecular complexity index is 1050. The highest BCUT2D eigenvalue weighted by atomic mass is 32.1. The number of piperazine rings is 1. The zero-order valence-electron chi connectivity index (χ0n) is 17.8. The highest BCUT2D eigenvalue weighted by Crippen LogP contribution is 2.23. The normalized spacial score (nSPS) is 16.6. The van der Waals surface area contributed by atoms with Crippen LogP contribution in [0.1, 0.15) is 23.9 Å². The fourth-order valence-corrected chi connectivity index (χ4v) is 4.42. The maximum atomic E-state index is 12.7. The number of hydrogen-bond acceptors (Lipinski definition) is 6. The largest absolute Gasteiger partial charge is 0.497 e. The number of aromatic nitrogens is 2. The van der Waals surface area contributed by atoms with Gasteiger partial charge in [0.2, 0.25) is 11.0 Å². The molecule has 1 aromatic heterocycles. The summed E-state index contributed by atoms with van der Waals surface area (Å²) in [5, 5.41) is 0.914. The molecule has 0 saturated carbocycles. The number of carbonyl (C=O) groups is 1. The maximum absolute atomic E-state index is 12.7. The zero-order chi connectivity index (χ0) is 21.6. The summed E-state index contributed by atoms with van der Waals surface area (Å²) < 4.78 is 9.83. The molecule has 2 heterocycles. The number of ether oxygens (including phenoxy) is 1. The summed E-state index contributed by atoms with van der Waals surface area (Å²) in [4.78, 5) is 21.6. The Morgan fingerprint density at radius 3 is 2.81 bits per heavy atom. The minimum Gasteiger partial charge on any atom is -0.497 e. The summed E-state index contributed by atoms with van der Waals surface area (Å²) in [6, 6.07) is 18.0. The highest BCUT2D eigenvalue weighted by Gasteiger charge is 2.28. The third-order valence-electron chi connectivity index (χ3n) is 5.35. The molecule has 31 heavy (non-hydrogen) atoms. The Hall–Kier alpha value is -3.19. The summed E-state index contributed by atoms with van der Waals surface area (Å²) in [5.41, 5.74) is 2.15. The number of hydrogen-bond donors (Lipinski definition) is 0. The van der Waals surface area contributed by atoms with Crippen molar-refractivity contribution in [1.29, 1.82) is 0 Å². The summed E-state index contributed by atoms with van der Waals surface area (Å²) in [7, 11) is 1.67. The van der Waals surface area contributed by atoms with Gasteiger partial charge in [0.25, 0.3) is 0 Å². The Morgan fingerprint density at radius 2 is 2.03 bits per heavy atom. The van der Waals surface area contributed by atoms with E-state index in [9.17, 15) is 4.79 Å². The van der Waals surface area contributed by atoms with E-state index in [1.165, 1.54) is 11.5 Å². The van der Waals surface area contributed by atoms with Crippen molar-refractivity contribution < 1.29 is 9.53 Å². The average Bonchev–Trinajstić information content (AvgIpc) is 3.26. The van der Waals surface area contributed by atoms with E-state index < -0.39 is 0 Å². The van der Waals surface area contributed by atoms with E-state index in [-0.39, 0.29) is 11.9 Å². The number of methoxy groups -OCH3 is 1. The van der Waals surface area contributed by atoms with Gasteiger partial charge in [-0.05, 0) is 36.3 Å². The van der Waals surface area contributed by atoms with Crippen LogP contribution in [-0.4, -0.2) is 53.0 Å². The van der Waals surface area contributed by atoms with E-state index in [0.717, 1.165) is 40.9 Å². The minimum absolute atomic E-state index is 0.0481. The first-order valence-corrected chi connectivity index (χ1v) is 11.1. The smallest absolute Gasteiger partial charge is 0.246 e. The van der Waals surface area contributed by atoms with E-state index in [1.54, 1.807) is 13.2 Å². The van der Waals surface area contributed by atoms with Gasteiger partial charge in [-0.3, -0.25) is 4.79 Å². The van der Waals surface area contributed by atoms with Crippen LogP contribution in [0.2, 0.25) is 0 Å². The van der Waals surface area contributed by atoms with Crippen LogP contribution in [0.3, 0.4) is 0 Å². The summed E-state index contributed by atoms with van der Waals surface area (Å²) in [6.07, 6.45) is 4.21. The molecule has 7 heteroatoms. The van der Waals surface area contributed by atoms with Gasteiger partial charge >= 0.3 is 0 Å². The van der Waals surface area contributed by atoms with Crippen LogP contribution in [0.15, 0.2) is 60.7 Å². The second kappa shape index (κ2) is 9.75. The van der Waals surface area contributed by atoms with Crippen molar-refractivity contribution in [2.24, 2.45) is 0 Å². The molecule has 1 atom stereocenters. The molecule has 160 valence electrons. The Morgan fingerprint density at radius 1 is 1.19 bits per heavy atom. The van der Waals surface area contributed by atoms with Gasteiger partial charge in [-0.25, -0.2) is 4.98 Å². The van der Waals surface area contributed by atoms with Crippen molar-refractivity contribution in [3.05, 3.63) is 77.6 Å². The van der Waals surface area contributed by atoms with Crippen molar-refractivity contribution in [3.8, 4) is 5.75 Å². The molecule has 1 unspecified atom stereocenters. The predicted molar refractivity (Wildman–Crippen MR) is 125 cm³/mol. The summed E-state index contributed by atoms with van der Waals surface area (Å²) >= 11 is 1.42. The molecule has 1 aliphatic heterocycles. The first-order valence-electron chi connectivity index (χ1n) is 10.4. The Kier molecular flexibility index (Phi) is 6.62. The molecule has 0 N–H and O–H groups in total. The van der Waals surface area contributed by atoms with E-state index >= 15 is 0 Å². The van der Waals surface area contributed by atoms with E-state index in [2.05, 4.69) is 22.3 Å². The highest BCUT2D eigenvalue weighted by molar-refractivity contribution is 7.09. The van der Waals surface area contributed by atoms with Gasteiger partial charge in [-0.1, -0.05) is 42.5 Å². The van der Waals surface area contributed by atoms with Gasteiger partial charge in [0.15, 0.2) is 0 Å². The van der Waals surface area contributed by atoms with Gasteiger partial charge in [0, 0.05) is 49.7 Å². The lowest BCUT2D eigenvalue weighted by Gasteiger charge is -2.39. The lowest BCUT2D eigenvalue weighted by Crippen LogP contribution is -2.53. The Labute approximate surface area is 187 Å². The zero-order valence-corrected chi connectivity index (χ0v) is 18.6. The van der Waals surface area contributed by atoms with E-state index in [0.29, 0.717) is 13.0 Å². The van der Waals surface area contributed by atoms with Crippen LogP contribution in [0.25, 0.3) is 6.08 Å². The SMILES string of the molecule is COc1cccc(Cc2nsc(N3CCN(C(=O)/C=C/c4ccccc4)C(C)C3)n2)c1. The van der Waals surface area contributed by atoms with E-state index in [1.807, 2.05) is 59.5 Å². The molecule has 0 radical (unpaired) electrons. The first kappa shape index (κ1) is 21.1. The molecule has 6 nitrogen and oxygen atoms in total. The number of benzene rings is 2. The van der Waals surface area contributed by atoms with Gasteiger partial charge in [-0.15, -0.1) is 0 Å². The molecule has 1 amide bonds. The second-order valence-electron chi connectivity index (χ2n) is 7.59. The third kappa shape index (κ3) is 5.30. The fourth-order valence-electron chi connectivity index (χ4n) is 3.70. The van der Waals surface area contributed by atoms with Crippen molar-refractivity contribution in [3.63, 3.8) is 0 Å². The molecular formula is C24H26N4O2S. The number of anilines is 1. The fraction of sp³-hybridized carbons (Fsp3) is 0.292. The van der Waals surface area contributed by atoms with Crippen LogP contribution in [0.5, 0.6) is 5.75 Å². The predicted octanol–water partition coefficient (Wildman–Crippen LogP) is 3.89. The molecule has 3 aromatic rings. The standard InChI is InChI=1S/C24H26N4O2S/c1-18-17-27(13-14-28(18)23(29)12-11-19-7-4-3-5-8-19)24-25-22(26-31-24)16-20-9-6-10-21(15-20)30-2/h3-12,15,18H,13-14,16-17H2,1-2H3/b12-11+. The van der Waals surface area contributed by atoms with Crippen LogP contribution in [0, 0.1) is 0 Å². The molecule has 1 saturated heterocycles. The average molecular weight is 435 g/mol. The Balaban J connectivity index is 1.35. The monoisotopic (exact) mass is 434 g/mol. The van der Waals surface area contributed by atoms with Crippen molar-refractivity contribution in [2.75, 3.05) is 31.6 Å². The minimum atomic E-state index is 0.0481. The molecular weight excluding hydrogens is 408 g/mol. The molecule has 0 spiro atoms. The van der Waals surface area contributed by atoms with Crippen LogP contribution in [-0.2, 0) is 11.2 Å². The van der Waals surface area contributed by atoms with E-state index in [4.69, 9.17) is 9.72 Å². The van der Waals surface area contributed by atoms with Gasteiger partial charge in [0.05, 0.1) is 7.11 Å². The lowest BCUT2D eigenvalue weighted by atomic mass is 10.1. The number of rotatable bonds is 6. The van der Waals surface area contributed by atoms with Crippen LogP contribution < -0.4 is 9.64 Å². The van der Waals surface area contributed by atoms with Crippen molar-refractivity contribution in [2.45, 2.75) is 19.4 Å². The lowest BCUT2D eigenvalue weighted by molar-refractivity contribution is -0.128. The molecule has 1 fully saturated rings. The van der Waals surface area contributed by atoms with Gasteiger partial charge < -0.3 is 14.5 Å². The van der Waals surface area contributed by atoms with Crippen molar-refractivity contribution >= 4 is 28.6 Å². The third-order valence-corrected chi connectivity index (χ3v) is 6.17. The van der Waals surface area contributed by atoms with Crippen LogP contribution in [0.4, 0.5) is 5.13 Å². The molecule has 2 aromatic carbocycles. The molecule has 1 aliphatic rings. The maximum Gasteiger partial charge on any atom is 0.246 e. The molecule has 0 bridgehead atoms. The first-order chi connectivity index (χ1) is 15.1. The number of carbonyl (C=O) groups excluding carboxylic acids is 1. The van der Waals surface area contributed by atoms with Gasteiger partial charge in [0.1, 0.15) is 11.6 Å². The second-order valence-corrected chi connectivity index (χ2v) is 8.32. The number of nitrogens with zero attached hydrogens (tertiary/aromatic N) is 4. The van der Waals surface area contributed by atoms with Crippen LogP contribution >= 0.6 is 11.5 Å². The molecule has 4 rings (SSSR count). The summed E-state index contributed by atoms with van der Waals surface area (Å²) in [6.45, 7) is 4.25.